The predicted molar refractivity (Wildman–Crippen MR) is 106 cm³/mol. The molecule has 2 aliphatic rings. The van der Waals surface area contributed by atoms with E-state index >= 15 is 0 Å². The summed E-state index contributed by atoms with van der Waals surface area (Å²) in [5, 5.41) is -1.01. The molecular weight excluding hydrogens is 478 g/mol. The van der Waals surface area contributed by atoms with Crippen molar-refractivity contribution >= 4 is 45.7 Å². The van der Waals surface area contributed by atoms with E-state index in [1.165, 1.54) is 19.1 Å². The summed E-state index contributed by atoms with van der Waals surface area (Å²) in [6, 6.07) is 5.11. The van der Waals surface area contributed by atoms with Crippen molar-refractivity contribution in [2.45, 2.75) is 50.1 Å². The molecular formula is C20H20BrNO9. The van der Waals surface area contributed by atoms with Crippen molar-refractivity contribution in [3.05, 3.63) is 35.4 Å². The number of benzene rings is 1. The Morgan fingerprint density at radius 2 is 1.45 bits per heavy atom. The maximum Gasteiger partial charge on any atom is 0.303 e. The summed E-state index contributed by atoms with van der Waals surface area (Å²) in [7, 11) is 0. The van der Waals surface area contributed by atoms with Crippen LogP contribution in [0.3, 0.4) is 0 Å². The number of alkyl halides is 1. The van der Waals surface area contributed by atoms with Gasteiger partial charge in [-0.1, -0.05) is 28.1 Å². The molecule has 0 bridgehead atoms. The van der Waals surface area contributed by atoms with E-state index in [4.69, 9.17) is 18.9 Å². The van der Waals surface area contributed by atoms with Gasteiger partial charge in [0.15, 0.2) is 12.2 Å². The van der Waals surface area contributed by atoms with E-state index in [9.17, 15) is 24.0 Å². The minimum atomic E-state index is -1.28. The van der Waals surface area contributed by atoms with Gasteiger partial charge in [-0.25, -0.2) is 0 Å². The maximum absolute atomic E-state index is 13.0. The highest BCUT2D eigenvalue weighted by Gasteiger charge is 2.56. The van der Waals surface area contributed by atoms with Crippen LogP contribution < -0.4 is 0 Å². The number of amides is 2. The van der Waals surface area contributed by atoms with Crippen LogP contribution in [0.5, 0.6) is 0 Å². The van der Waals surface area contributed by atoms with Crippen LogP contribution in [0.25, 0.3) is 0 Å². The largest absolute Gasteiger partial charge is 0.463 e. The molecule has 1 aromatic rings. The van der Waals surface area contributed by atoms with Crippen molar-refractivity contribution in [2.24, 2.45) is 0 Å². The first-order valence-corrected chi connectivity index (χ1v) is 10.3. The lowest BCUT2D eigenvalue weighted by Gasteiger charge is -2.45. The Labute approximate surface area is 185 Å². The highest BCUT2D eigenvalue weighted by atomic mass is 79.9. The van der Waals surface area contributed by atoms with E-state index in [1.807, 2.05) is 0 Å². The smallest absolute Gasteiger partial charge is 0.303 e. The molecule has 0 aliphatic carbocycles. The monoisotopic (exact) mass is 497 g/mol. The van der Waals surface area contributed by atoms with E-state index in [-0.39, 0.29) is 17.7 Å². The molecule has 10 nitrogen and oxygen atoms in total. The summed E-state index contributed by atoms with van der Waals surface area (Å²) in [4.78, 5) is 61.9. The Kier molecular flexibility index (Phi) is 6.75. The lowest BCUT2D eigenvalue weighted by Crippen LogP contribution is -2.65. The van der Waals surface area contributed by atoms with E-state index in [0.29, 0.717) is 0 Å². The van der Waals surface area contributed by atoms with E-state index in [2.05, 4.69) is 15.9 Å². The second kappa shape index (κ2) is 9.15. The summed E-state index contributed by atoms with van der Waals surface area (Å²) in [6.45, 7) is 3.18. The minimum absolute atomic E-state index is 0.194. The molecule has 0 N–H and O–H groups in total. The number of carbonyl (C=O) groups excluding carboxylic acids is 5. The number of fused-ring (bicyclic) bond motifs is 1. The maximum atomic E-state index is 13.0. The van der Waals surface area contributed by atoms with Crippen molar-refractivity contribution in [1.82, 2.24) is 4.90 Å². The molecule has 0 radical (unpaired) electrons. The molecule has 0 spiro atoms. The molecule has 2 aliphatic heterocycles. The van der Waals surface area contributed by atoms with Crippen molar-refractivity contribution in [2.75, 3.05) is 6.61 Å². The van der Waals surface area contributed by atoms with Gasteiger partial charge in [0.1, 0.15) is 23.8 Å². The van der Waals surface area contributed by atoms with Gasteiger partial charge in [-0.15, -0.1) is 0 Å². The molecule has 3 rings (SSSR count). The lowest BCUT2D eigenvalue weighted by molar-refractivity contribution is -0.216. The number of ether oxygens (including phenoxy) is 4. The van der Waals surface area contributed by atoms with Crippen LogP contribution in [0, 0.1) is 0 Å². The van der Waals surface area contributed by atoms with Crippen LogP contribution in [-0.2, 0) is 33.3 Å². The Bertz CT molecular complexity index is 898. The molecule has 0 saturated carbocycles. The number of hydrogen-bond acceptors (Lipinski definition) is 9. The van der Waals surface area contributed by atoms with Crippen LogP contribution in [-0.4, -0.2) is 70.6 Å². The number of halogens is 1. The fraction of sp³-hybridized carbons (Fsp3) is 0.450. The van der Waals surface area contributed by atoms with Gasteiger partial charge in [0, 0.05) is 20.8 Å². The molecule has 2 amide bonds. The van der Waals surface area contributed by atoms with Crippen LogP contribution in [0.4, 0.5) is 0 Å². The average molecular weight is 498 g/mol. The third-order valence-corrected chi connectivity index (χ3v) is 5.54. The zero-order chi connectivity index (χ0) is 22.9. The molecule has 0 unspecified atom stereocenters. The van der Waals surface area contributed by atoms with Crippen molar-refractivity contribution in [3.63, 3.8) is 0 Å². The average Bonchev–Trinajstić information content (AvgIpc) is 2.93. The first-order chi connectivity index (χ1) is 14.6. The third kappa shape index (κ3) is 4.62. The van der Waals surface area contributed by atoms with Gasteiger partial charge in [0.05, 0.1) is 11.1 Å². The topological polar surface area (TPSA) is 126 Å². The molecule has 5 atom stereocenters. The number of imide groups is 1. The fourth-order valence-electron chi connectivity index (χ4n) is 3.62. The molecule has 0 aromatic heterocycles. The van der Waals surface area contributed by atoms with Crippen molar-refractivity contribution < 1.29 is 42.9 Å². The summed E-state index contributed by atoms with van der Waals surface area (Å²) in [5.41, 5.74) is 0.389. The SMILES string of the molecule is CC(=O)OC[C@@H]1O[C@@H](Br)[C@@H](N2C(=O)c3ccccc3C2=O)[C@@H](OC(C)=O)[C@@H]1OC(C)=O. The van der Waals surface area contributed by atoms with Gasteiger partial charge in [0.25, 0.3) is 11.8 Å². The molecule has 1 fully saturated rings. The van der Waals surface area contributed by atoms with Crippen LogP contribution in [0.2, 0.25) is 0 Å². The third-order valence-electron chi connectivity index (χ3n) is 4.78. The highest BCUT2D eigenvalue weighted by Crippen LogP contribution is 2.36. The van der Waals surface area contributed by atoms with Crippen molar-refractivity contribution in [1.29, 1.82) is 0 Å². The zero-order valence-electron chi connectivity index (χ0n) is 16.9. The van der Waals surface area contributed by atoms with Gasteiger partial charge < -0.3 is 18.9 Å². The Hall–Kier alpha value is -2.79. The predicted octanol–water partition coefficient (Wildman–Crippen LogP) is 1.20. The van der Waals surface area contributed by atoms with E-state index in [1.54, 1.807) is 12.1 Å². The quantitative estimate of drug-likeness (QED) is 0.255. The standard InChI is InChI=1S/C20H20BrNO9/c1-9(23)28-8-14-16(29-10(2)24)17(30-11(3)25)15(18(21)31-14)22-19(26)12-6-4-5-7-13(12)20(22)27/h4-7,14-18H,8H2,1-3H3/t14-,15-,16+,17+,18+/m0/s1. The van der Waals surface area contributed by atoms with E-state index < -0.39 is 59.1 Å². The first kappa shape index (κ1) is 22.9. The summed E-state index contributed by atoms with van der Waals surface area (Å²) in [6.07, 6.45) is -3.54. The van der Waals surface area contributed by atoms with Gasteiger partial charge in [-0.2, -0.15) is 0 Å². The summed E-state index contributed by atoms with van der Waals surface area (Å²) in [5.74, 6) is -3.24. The Morgan fingerprint density at radius 1 is 0.935 bits per heavy atom. The first-order valence-electron chi connectivity index (χ1n) is 9.36. The number of rotatable bonds is 5. The van der Waals surface area contributed by atoms with Crippen LogP contribution >= 0.6 is 15.9 Å². The second-order valence-corrected chi connectivity index (χ2v) is 7.90. The Morgan fingerprint density at radius 3 is 1.94 bits per heavy atom. The van der Waals surface area contributed by atoms with Crippen LogP contribution in [0.15, 0.2) is 24.3 Å². The van der Waals surface area contributed by atoms with Crippen molar-refractivity contribution in [3.8, 4) is 0 Å². The molecule has 1 saturated heterocycles. The lowest BCUT2D eigenvalue weighted by atomic mass is 9.96. The molecule has 2 heterocycles. The van der Waals surface area contributed by atoms with Crippen LogP contribution in [0.1, 0.15) is 41.5 Å². The second-order valence-electron chi connectivity index (χ2n) is 6.99. The number of nitrogens with zero attached hydrogens (tertiary/aromatic N) is 1. The van der Waals surface area contributed by atoms with E-state index in [0.717, 1.165) is 18.7 Å². The molecule has 166 valence electrons. The summed E-state index contributed by atoms with van der Waals surface area (Å²) >= 11 is 3.30. The highest BCUT2D eigenvalue weighted by molar-refractivity contribution is 9.09. The normalized spacial score (nSPS) is 27.5. The Balaban J connectivity index is 2.01. The zero-order valence-corrected chi connectivity index (χ0v) is 18.5. The number of hydrogen-bond donors (Lipinski definition) is 0. The molecule has 11 heteroatoms. The van der Waals surface area contributed by atoms with Gasteiger partial charge in [-0.3, -0.25) is 28.9 Å². The van der Waals surface area contributed by atoms with Gasteiger partial charge in [0.2, 0.25) is 0 Å². The van der Waals surface area contributed by atoms with Gasteiger partial charge in [-0.05, 0) is 12.1 Å². The fourth-order valence-corrected chi connectivity index (χ4v) is 4.43. The number of esters is 3. The van der Waals surface area contributed by atoms with Gasteiger partial charge >= 0.3 is 17.9 Å². The molecule has 1 aromatic carbocycles. The summed E-state index contributed by atoms with van der Waals surface area (Å²) < 4.78 is 21.5. The minimum Gasteiger partial charge on any atom is -0.463 e. The number of carbonyl (C=O) groups is 5. The molecule has 31 heavy (non-hydrogen) atoms.